The number of carbonyl (C=O) groups excluding carboxylic acids is 1. The van der Waals surface area contributed by atoms with Crippen molar-refractivity contribution in [1.82, 2.24) is 0 Å². The second kappa shape index (κ2) is 11.2. The molecular weight excluding hydrogens is 262 g/mol. The molecule has 0 N–H and O–H groups in total. The summed E-state index contributed by atoms with van der Waals surface area (Å²) in [6.45, 7) is 4.50. The smallest absolute Gasteiger partial charge is 0.252 e. The molecule has 0 unspecified atom stereocenters. The molecule has 3 nitrogen and oxygen atoms in total. The molecule has 116 valence electrons. The van der Waals surface area contributed by atoms with Crippen molar-refractivity contribution >= 4 is 5.78 Å². The van der Waals surface area contributed by atoms with Crippen LogP contribution < -0.4 is 9.67 Å². The standard InChI is InChI=1S/C18H27NO2/c1-2-18(21)17-13-9-11-15-19(17)14-10-7-5-3-4-6-8-12-16-20/h2,9,11,13,15H,1,3-8,10,12,14,16H2. The van der Waals surface area contributed by atoms with Crippen LogP contribution in [0.15, 0.2) is 37.1 Å². The lowest BCUT2D eigenvalue weighted by atomic mass is 10.1. The molecule has 1 aromatic heterocycles. The summed E-state index contributed by atoms with van der Waals surface area (Å²) in [4.78, 5) is 11.7. The van der Waals surface area contributed by atoms with Gasteiger partial charge in [0.05, 0.1) is 0 Å². The van der Waals surface area contributed by atoms with E-state index in [0.29, 0.717) is 5.69 Å². The molecule has 0 aliphatic rings. The second-order valence-corrected chi connectivity index (χ2v) is 5.38. The van der Waals surface area contributed by atoms with Crippen molar-refractivity contribution in [1.29, 1.82) is 0 Å². The number of hydrogen-bond acceptors (Lipinski definition) is 2. The summed E-state index contributed by atoms with van der Waals surface area (Å²) in [5, 5.41) is 10.3. The topological polar surface area (TPSA) is 44.0 Å². The van der Waals surface area contributed by atoms with Gasteiger partial charge in [0.15, 0.2) is 6.20 Å². The summed E-state index contributed by atoms with van der Waals surface area (Å²) >= 11 is 0. The van der Waals surface area contributed by atoms with E-state index in [4.69, 9.17) is 0 Å². The molecule has 21 heavy (non-hydrogen) atoms. The predicted octanol–water partition coefficient (Wildman–Crippen LogP) is 2.82. The van der Waals surface area contributed by atoms with Gasteiger partial charge >= 0.3 is 0 Å². The van der Waals surface area contributed by atoms with Crippen LogP contribution in [0.2, 0.25) is 0 Å². The van der Waals surface area contributed by atoms with Gasteiger partial charge in [-0.2, -0.15) is 4.57 Å². The van der Waals surface area contributed by atoms with Gasteiger partial charge in [-0.25, -0.2) is 0 Å². The number of aryl methyl sites for hydroxylation is 1. The van der Waals surface area contributed by atoms with E-state index in [9.17, 15) is 9.90 Å². The van der Waals surface area contributed by atoms with E-state index in [1.54, 1.807) is 0 Å². The highest BCUT2D eigenvalue weighted by molar-refractivity contribution is 6.01. The van der Waals surface area contributed by atoms with Crippen LogP contribution in [-0.4, -0.2) is 12.4 Å². The molecule has 0 fully saturated rings. The van der Waals surface area contributed by atoms with Gasteiger partial charge in [0.2, 0.25) is 5.78 Å². The zero-order chi connectivity index (χ0) is 15.3. The lowest BCUT2D eigenvalue weighted by Crippen LogP contribution is -2.39. The van der Waals surface area contributed by atoms with Crippen LogP contribution in [0, 0.1) is 0 Å². The number of hydrogen-bond donors (Lipinski definition) is 0. The van der Waals surface area contributed by atoms with Gasteiger partial charge in [0, 0.05) is 18.6 Å². The Morgan fingerprint density at radius 2 is 1.67 bits per heavy atom. The van der Waals surface area contributed by atoms with Crippen LogP contribution in [0.25, 0.3) is 0 Å². The molecule has 3 heteroatoms. The average molecular weight is 289 g/mol. The molecule has 0 aliphatic carbocycles. The third-order valence-electron chi connectivity index (χ3n) is 3.67. The van der Waals surface area contributed by atoms with Crippen molar-refractivity contribution < 1.29 is 14.5 Å². The maximum absolute atomic E-state index is 11.7. The van der Waals surface area contributed by atoms with Gasteiger partial charge in [0.1, 0.15) is 6.54 Å². The molecule has 0 spiro atoms. The molecule has 0 radical (unpaired) electrons. The van der Waals surface area contributed by atoms with Gasteiger partial charge in [-0.3, -0.25) is 4.79 Å². The minimum Gasteiger partial charge on any atom is -0.854 e. The number of ketones is 1. The van der Waals surface area contributed by atoms with Crippen molar-refractivity contribution in [3.63, 3.8) is 0 Å². The first-order chi connectivity index (χ1) is 10.3. The summed E-state index contributed by atoms with van der Waals surface area (Å²) in [6, 6.07) is 5.69. The highest BCUT2D eigenvalue weighted by Gasteiger charge is 2.14. The third kappa shape index (κ3) is 7.19. The summed E-state index contributed by atoms with van der Waals surface area (Å²) in [5.74, 6) is -0.0195. The molecule has 0 atom stereocenters. The van der Waals surface area contributed by atoms with E-state index >= 15 is 0 Å². The first kappa shape index (κ1) is 17.6. The van der Waals surface area contributed by atoms with Crippen LogP contribution in [0.4, 0.5) is 0 Å². The van der Waals surface area contributed by atoms with Gasteiger partial charge in [-0.15, -0.1) is 6.61 Å². The molecule has 0 aromatic carbocycles. The van der Waals surface area contributed by atoms with Crippen molar-refractivity contribution in [3.05, 3.63) is 42.7 Å². The number of allylic oxidation sites excluding steroid dienone is 1. The van der Waals surface area contributed by atoms with Crippen molar-refractivity contribution in [2.24, 2.45) is 0 Å². The number of carbonyl (C=O) groups is 1. The molecule has 0 bridgehead atoms. The van der Waals surface area contributed by atoms with Crippen molar-refractivity contribution in [3.8, 4) is 0 Å². The Morgan fingerprint density at radius 3 is 2.29 bits per heavy atom. The summed E-state index contributed by atoms with van der Waals surface area (Å²) < 4.78 is 2.01. The van der Waals surface area contributed by atoms with Gasteiger partial charge in [-0.1, -0.05) is 45.1 Å². The van der Waals surface area contributed by atoms with E-state index in [2.05, 4.69) is 6.58 Å². The SMILES string of the molecule is C=CC(=O)c1cccc[n+]1CCCCCCCCCC[O-]. The normalized spacial score (nSPS) is 10.5. The van der Waals surface area contributed by atoms with E-state index in [1.807, 2.05) is 29.0 Å². The highest BCUT2D eigenvalue weighted by Crippen LogP contribution is 2.08. The minimum atomic E-state index is -0.0195. The molecule has 1 rings (SSSR count). The van der Waals surface area contributed by atoms with E-state index in [1.165, 1.54) is 38.2 Å². The Labute approximate surface area is 128 Å². The lowest BCUT2D eigenvalue weighted by Gasteiger charge is -2.04. The van der Waals surface area contributed by atoms with E-state index < -0.39 is 0 Å². The maximum atomic E-state index is 11.7. The maximum Gasteiger partial charge on any atom is 0.252 e. The van der Waals surface area contributed by atoms with Crippen LogP contribution in [0.5, 0.6) is 0 Å². The molecule has 0 saturated carbocycles. The highest BCUT2D eigenvalue weighted by atomic mass is 16.2. The largest absolute Gasteiger partial charge is 0.854 e. The quantitative estimate of drug-likeness (QED) is 0.257. The number of nitrogens with zero attached hydrogens (tertiary/aromatic N) is 1. The predicted molar refractivity (Wildman–Crippen MR) is 83.0 cm³/mol. The number of unbranched alkanes of at least 4 members (excludes halogenated alkanes) is 7. The molecule has 1 aromatic rings. The Morgan fingerprint density at radius 1 is 1.05 bits per heavy atom. The zero-order valence-corrected chi connectivity index (χ0v) is 12.9. The van der Waals surface area contributed by atoms with E-state index in [-0.39, 0.29) is 12.4 Å². The molecular formula is C18H27NO2. The number of aromatic nitrogens is 1. The summed E-state index contributed by atoms with van der Waals surface area (Å²) in [5.41, 5.74) is 0.713. The van der Waals surface area contributed by atoms with Crippen LogP contribution in [-0.2, 0) is 6.54 Å². The number of rotatable bonds is 12. The molecule has 0 saturated heterocycles. The fraction of sp³-hybridized carbons (Fsp3) is 0.556. The van der Waals surface area contributed by atoms with Crippen LogP contribution in [0.1, 0.15) is 61.9 Å². The fourth-order valence-corrected chi connectivity index (χ4v) is 2.44. The zero-order valence-electron chi connectivity index (χ0n) is 12.9. The lowest BCUT2D eigenvalue weighted by molar-refractivity contribution is -0.699. The van der Waals surface area contributed by atoms with Gasteiger partial charge in [0.25, 0.3) is 5.69 Å². The van der Waals surface area contributed by atoms with Crippen molar-refractivity contribution in [2.75, 3.05) is 6.61 Å². The average Bonchev–Trinajstić information content (AvgIpc) is 2.53. The molecule has 1 heterocycles. The monoisotopic (exact) mass is 289 g/mol. The first-order valence-electron chi connectivity index (χ1n) is 8.03. The Hall–Kier alpha value is -1.48. The van der Waals surface area contributed by atoms with Crippen molar-refractivity contribution in [2.45, 2.75) is 57.9 Å². The van der Waals surface area contributed by atoms with Crippen LogP contribution in [0.3, 0.4) is 0 Å². The van der Waals surface area contributed by atoms with Gasteiger partial charge in [-0.05, 0) is 18.6 Å². The Bertz CT molecular complexity index is 429. The van der Waals surface area contributed by atoms with E-state index in [0.717, 1.165) is 25.8 Å². The Balaban J connectivity index is 2.18. The molecule has 0 amide bonds. The fourth-order valence-electron chi connectivity index (χ4n) is 2.44. The molecule has 0 aliphatic heterocycles. The number of pyridine rings is 1. The minimum absolute atomic E-state index is 0.0195. The third-order valence-corrected chi connectivity index (χ3v) is 3.67. The van der Waals surface area contributed by atoms with Crippen LogP contribution >= 0.6 is 0 Å². The van der Waals surface area contributed by atoms with Gasteiger partial charge < -0.3 is 5.11 Å². The summed E-state index contributed by atoms with van der Waals surface area (Å²) in [7, 11) is 0. The second-order valence-electron chi connectivity index (χ2n) is 5.38. The first-order valence-corrected chi connectivity index (χ1v) is 8.03. The Kier molecular flexibility index (Phi) is 9.38. The summed E-state index contributed by atoms with van der Waals surface area (Å²) in [6.07, 6.45) is 12.4.